The van der Waals surface area contributed by atoms with Crippen LogP contribution in [0.4, 0.5) is 11.4 Å². The Morgan fingerprint density at radius 2 is 1.92 bits per heavy atom. The molecule has 130 valence electrons. The van der Waals surface area contributed by atoms with E-state index in [9.17, 15) is 9.59 Å². The zero-order chi connectivity index (χ0) is 18.1. The van der Waals surface area contributed by atoms with Crippen LogP contribution in [0.3, 0.4) is 0 Å². The van der Waals surface area contributed by atoms with Gasteiger partial charge in [0.05, 0.1) is 22.6 Å². The van der Waals surface area contributed by atoms with Gasteiger partial charge in [0.2, 0.25) is 5.91 Å². The molecule has 0 aliphatic carbocycles. The average molecular weight is 364 g/mol. The first-order valence-corrected chi connectivity index (χ1v) is 9.08. The van der Waals surface area contributed by atoms with E-state index in [0.29, 0.717) is 16.6 Å². The van der Waals surface area contributed by atoms with Crippen molar-refractivity contribution in [1.82, 2.24) is 4.98 Å². The molecule has 3 aromatic rings. The number of aromatic nitrogens is 1. The number of hydrogen-bond donors (Lipinski definition) is 2. The fourth-order valence-corrected chi connectivity index (χ4v) is 3.67. The monoisotopic (exact) mass is 364 g/mol. The normalized spacial score (nSPS) is 15.8. The molecular weight excluding hydrogens is 348 g/mol. The van der Waals surface area contributed by atoms with Crippen LogP contribution in [0.5, 0.6) is 0 Å². The number of anilines is 2. The molecule has 0 unspecified atom stereocenters. The molecule has 1 amide bonds. The van der Waals surface area contributed by atoms with Gasteiger partial charge in [0.1, 0.15) is 0 Å². The summed E-state index contributed by atoms with van der Waals surface area (Å²) in [5.74, 6) is 0.318. The zero-order valence-electron chi connectivity index (χ0n) is 14.0. The van der Waals surface area contributed by atoms with Crippen LogP contribution in [-0.4, -0.2) is 21.8 Å². The second-order valence-electron chi connectivity index (χ2n) is 5.96. The molecule has 1 aliphatic rings. The minimum atomic E-state index is -0.209. The Morgan fingerprint density at radius 3 is 2.73 bits per heavy atom. The van der Waals surface area contributed by atoms with Gasteiger partial charge in [0.15, 0.2) is 5.17 Å². The molecular formula is C19H16N4O2S. The van der Waals surface area contributed by atoms with Crippen LogP contribution in [0.15, 0.2) is 64.5 Å². The van der Waals surface area contributed by atoms with Crippen LogP contribution in [0, 0.1) is 6.92 Å². The highest BCUT2D eigenvalue weighted by atomic mass is 32.2. The van der Waals surface area contributed by atoms with E-state index in [-0.39, 0.29) is 11.5 Å². The van der Waals surface area contributed by atoms with Crippen molar-refractivity contribution in [2.45, 2.75) is 6.92 Å². The first kappa shape index (κ1) is 16.4. The molecule has 1 saturated heterocycles. The lowest BCUT2D eigenvalue weighted by atomic mass is 10.1. The van der Waals surface area contributed by atoms with Gasteiger partial charge in [-0.3, -0.25) is 19.9 Å². The Balaban J connectivity index is 1.72. The van der Waals surface area contributed by atoms with Gasteiger partial charge in [0.25, 0.3) is 5.56 Å². The van der Waals surface area contributed by atoms with E-state index in [1.165, 1.54) is 17.8 Å². The van der Waals surface area contributed by atoms with Crippen LogP contribution < -0.4 is 15.9 Å². The molecule has 0 saturated carbocycles. The fourth-order valence-electron chi connectivity index (χ4n) is 2.84. The second-order valence-corrected chi connectivity index (χ2v) is 6.90. The van der Waals surface area contributed by atoms with Gasteiger partial charge in [-0.05, 0) is 31.2 Å². The molecule has 26 heavy (non-hydrogen) atoms. The first-order valence-electron chi connectivity index (χ1n) is 8.10. The molecule has 0 atom stereocenters. The summed E-state index contributed by atoms with van der Waals surface area (Å²) in [6.45, 7) is 1.99. The van der Waals surface area contributed by atoms with E-state index in [2.05, 4.69) is 15.5 Å². The molecule has 4 rings (SSSR count). The van der Waals surface area contributed by atoms with E-state index in [4.69, 9.17) is 0 Å². The molecule has 0 bridgehead atoms. The number of hydrogen-bond acceptors (Lipinski definition) is 5. The molecule has 0 spiro atoms. The van der Waals surface area contributed by atoms with Crippen LogP contribution in [0.2, 0.25) is 0 Å². The lowest BCUT2D eigenvalue weighted by Crippen LogP contribution is -2.29. The Kier molecular flexibility index (Phi) is 4.22. The molecule has 6 nitrogen and oxygen atoms in total. The number of amidine groups is 1. The highest BCUT2D eigenvalue weighted by molar-refractivity contribution is 8.15. The topological polar surface area (TPSA) is 77.6 Å². The van der Waals surface area contributed by atoms with Crippen molar-refractivity contribution in [3.05, 3.63) is 70.5 Å². The molecule has 7 heteroatoms. The van der Waals surface area contributed by atoms with Gasteiger partial charge >= 0.3 is 0 Å². The number of benzene rings is 2. The molecule has 2 heterocycles. The smallest absolute Gasteiger partial charge is 0.250 e. The number of aryl methyl sites for hydroxylation is 1. The number of carbonyl (C=O) groups is 1. The Labute approximate surface area is 153 Å². The first-order chi connectivity index (χ1) is 12.6. The number of amides is 1. The summed E-state index contributed by atoms with van der Waals surface area (Å²) in [5, 5.41) is 5.83. The summed E-state index contributed by atoms with van der Waals surface area (Å²) >= 11 is 1.36. The molecule has 2 aromatic carbocycles. The number of H-pyrrole nitrogens is 1. The third-order valence-electron chi connectivity index (χ3n) is 4.05. The lowest BCUT2D eigenvalue weighted by Gasteiger charge is -2.16. The molecule has 1 aliphatic heterocycles. The third kappa shape index (κ3) is 3.09. The SMILES string of the molecule is Cc1ccc2[nH]c(=O)cc(N/N=C3\SCC(=O)N3c3ccccc3)c2c1. The summed E-state index contributed by atoms with van der Waals surface area (Å²) < 4.78 is 0. The van der Waals surface area contributed by atoms with E-state index in [1.807, 2.05) is 55.5 Å². The van der Waals surface area contributed by atoms with Crippen molar-refractivity contribution in [1.29, 1.82) is 0 Å². The van der Waals surface area contributed by atoms with Crippen LogP contribution in [0.25, 0.3) is 10.9 Å². The number of aromatic amines is 1. The Hall–Kier alpha value is -3.06. The third-order valence-corrected chi connectivity index (χ3v) is 4.97. The maximum Gasteiger partial charge on any atom is 0.250 e. The summed E-state index contributed by atoms with van der Waals surface area (Å²) in [6, 6.07) is 16.7. The van der Waals surface area contributed by atoms with Crippen molar-refractivity contribution < 1.29 is 4.79 Å². The summed E-state index contributed by atoms with van der Waals surface area (Å²) in [6.07, 6.45) is 0. The lowest BCUT2D eigenvalue weighted by molar-refractivity contribution is -0.115. The standard InChI is InChI=1S/C19H16N4O2S/c1-12-7-8-15-14(9-12)16(10-17(24)20-15)21-22-19-23(18(25)11-26-19)13-5-3-2-4-6-13/h2-10H,11H2,1H3,(H2,20,21,24)/b22-19-. The predicted molar refractivity (Wildman–Crippen MR) is 107 cm³/mol. The number of pyridine rings is 1. The van der Waals surface area contributed by atoms with Crippen molar-refractivity contribution in [3.8, 4) is 0 Å². The minimum absolute atomic E-state index is 0.0200. The summed E-state index contributed by atoms with van der Waals surface area (Å²) in [5.41, 5.74) is 5.96. The Morgan fingerprint density at radius 1 is 1.12 bits per heavy atom. The number of carbonyl (C=O) groups excluding carboxylic acids is 1. The Bertz CT molecular complexity index is 1080. The molecule has 2 N–H and O–H groups in total. The van der Waals surface area contributed by atoms with E-state index < -0.39 is 0 Å². The van der Waals surface area contributed by atoms with Crippen molar-refractivity contribution in [2.75, 3.05) is 16.1 Å². The number of nitrogens with one attached hydrogen (secondary N) is 2. The number of hydrazone groups is 1. The minimum Gasteiger partial charge on any atom is -0.322 e. The number of fused-ring (bicyclic) bond motifs is 1. The van der Waals surface area contributed by atoms with Gasteiger partial charge in [-0.25, -0.2) is 0 Å². The van der Waals surface area contributed by atoms with Crippen LogP contribution in [-0.2, 0) is 4.79 Å². The van der Waals surface area contributed by atoms with Crippen molar-refractivity contribution in [2.24, 2.45) is 5.10 Å². The molecule has 0 radical (unpaired) electrons. The quantitative estimate of drug-likeness (QED) is 0.699. The predicted octanol–water partition coefficient (Wildman–Crippen LogP) is 3.30. The molecule has 1 fully saturated rings. The highest BCUT2D eigenvalue weighted by Crippen LogP contribution is 2.27. The number of rotatable bonds is 3. The highest BCUT2D eigenvalue weighted by Gasteiger charge is 2.29. The van der Waals surface area contributed by atoms with Gasteiger partial charge in [0, 0.05) is 11.5 Å². The summed E-state index contributed by atoms with van der Waals surface area (Å²) in [7, 11) is 0. The zero-order valence-corrected chi connectivity index (χ0v) is 14.8. The van der Waals surface area contributed by atoms with Gasteiger partial charge in [-0.2, -0.15) is 0 Å². The largest absolute Gasteiger partial charge is 0.322 e. The number of para-hydroxylation sites is 1. The second kappa shape index (κ2) is 6.68. The van der Waals surface area contributed by atoms with Crippen LogP contribution in [0.1, 0.15) is 5.56 Å². The van der Waals surface area contributed by atoms with E-state index >= 15 is 0 Å². The van der Waals surface area contributed by atoms with E-state index in [1.54, 1.807) is 4.90 Å². The average Bonchev–Trinajstić information content (AvgIpc) is 3.01. The van der Waals surface area contributed by atoms with E-state index in [0.717, 1.165) is 22.2 Å². The maximum atomic E-state index is 12.2. The van der Waals surface area contributed by atoms with Gasteiger partial charge in [-0.1, -0.05) is 41.6 Å². The van der Waals surface area contributed by atoms with Crippen molar-refractivity contribution >= 4 is 45.1 Å². The number of nitrogens with zero attached hydrogens (tertiary/aromatic N) is 2. The fraction of sp³-hybridized carbons (Fsp3) is 0.105. The number of thioether (sulfide) groups is 1. The molecule has 1 aromatic heterocycles. The van der Waals surface area contributed by atoms with Gasteiger partial charge < -0.3 is 4.98 Å². The van der Waals surface area contributed by atoms with Gasteiger partial charge in [-0.15, -0.1) is 5.10 Å². The van der Waals surface area contributed by atoms with Crippen molar-refractivity contribution in [3.63, 3.8) is 0 Å². The summed E-state index contributed by atoms with van der Waals surface area (Å²) in [4.78, 5) is 28.6. The van der Waals surface area contributed by atoms with Crippen LogP contribution >= 0.6 is 11.8 Å². The maximum absolute atomic E-state index is 12.2.